The zero-order valence-corrected chi connectivity index (χ0v) is 14.1. The molecule has 1 unspecified atom stereocenters. The van der Waals surface area contributed by atoms with Gasteiger partial charge in [-0.15, -0.1) is 0 Å². The van der Waals surface area contributed by atoms with Crippen molar-refractivity contribution in [1.29, 1.82) is 0 Å². The number of hydrogen-bond acceptors (Lipinski definition) is 3. The Balaban J connectivity index is 1.66. The highest BCUT2D eigenvalue weighted by atomic mass is 16.5. The van der Waals surface area contributed by atoms with Crippen LogP contribution in [0.3, 0.4) is 0 Å². The van der Waals surface area contributed by atoms with E-state index in [1.807, 2.05) is 41.3 Å². The van der Waals surface area contributed by atoms with Crippen LogP contribution in [-0.2, 0) is 11.2 Å². The molecule has 1 saturated heterocycles. The summed E-state index contributed by atoms with van der Waals surface area (Å²) in [5.74, 6) is 1.05. The number of hydrogen-bond donors (Lipinski definition) is 1. The third-order valence-electron chi connectivity index (χ3n) is 4.74. The Labute approximate surface area is 143 Å². The summed E-state index contributed by atoms with van der Waals surface area (Å²) in [5, 5.41) is 0. The Morgan fingerprint density at radius 1 is 1.21 bits per heavy atom. The van der Waals surface area contributed by atoms with Gasteiger partial charge in [0.2, 0.25) is 5.91 Å². The molecule has 0 aliphatic carbocycles. The number of carbonyl (C=O) groups excluding carboxylic acids is 1. The van der Waals surface area contributed by atoms with Gasteiger partial charge in [0, 0.05) is 18.7 Å². The van der Waals surface area contributed by atoms with E-state index in [0.29, 0.717) is 12.8 Å². The highest BCUT2D eigenvalue weighted by Gasteiger charge is 2.29. The molecule has 0 saturated carbocycles. The Kier molecular flexibility index (Phi) is 5.04. The minimum atomic E-state index is 0.177. The lowest BCUT2D eigenvalue weighted by Crippen LogP contribution is -2.30. The Morgan fingerprint density at radius 2 is 1.96 bits per heavy atom. The predicted octanol–water partition coefficient (Wildman–Crippen LogP) is 3.57. The third-order valence-corrected chi connectivity index (χ3v) is 4.74. The molecule has 126 valence electrons. The number of aryl methyl sites for hydroxylation is 1. The van der Waals surface area contributed by atoms with Gasteiger partial charge in [0.05, 0.1) is 13.2 Å². The molecule has 1 aliphatic heterocycles. The molecule has 1 fully saturated rings. The second kappa shape index (κ2) is 7.39. The molecule has 1 atom stereocenters. The summed E-state index contributed by atoms with van der Waals surface area (Å²) in [6.07, 6.45) is 3.26. The first kappa shape index (κ1) is 16.4. The number of anilines is 1. The average molecular weight is 324 g/mol. The first-order chi connectivity index (χ1) is 11.7. The van der Waals surface area contributed by atoms with Gasteiger partial charge in [0.15, 0.2) is 0 Å². The number of amides is 1. The van der Waals surface area contributed by atoms with Crippen molar-refractivity contribution in [3.05, 3.63) is 59.7 Å². The standard InChI is InChI=1S/C20H24N2O2/c1-24-17-11-8-16(9-12-17)19-7-4-14-22(19)20(23)13-10-15-5-2-3-6-18(15)21/h2-3,5-6,8-9,11-12,19H,4,7,10,13-14,21H2,1H3. The van der Waals surface area contributed by atoms with Gasteiger partial charge in [0.1, 0.15) is 5.75 Å². The lowest BCUT2D eigenvalue weighted by molar-refractivity contribution is -0.132. The van der Waals surface area contributed by atoms with Crippen LogP contribution in [-0.4, -0.2) is 24.5 Å². The summed E-state index contributed by atoms with van der Waals surface area (Å²) < 4.78 is 5.21. The lowest BCUT2D eigenvalue weighted by atomic mass is 10.0. The van der Waals surface area contributed by atoms with Crippen LogP contribution in [0.2, 0.25) is 0 Å². The van der Waals surface area contributed by atoms with Crippen LogP contribution in [0.4, 0.5) is 5.69 Å². The van der Waals surface area contributed by atoms with Gasteiger partial charge >= 0.3 is 0 Å². The molecule has 3 rings (SSSR count). The van der Waals surface area contributed by atoms with Crippen molar-refractivity contribution in [3.63, 3.8) is 0 Å². The smallest absolute Gasteiger partial charge is 0.223 e. The highest BCUT2D eigenvalue weighted by molar-refractivity contribution is 5.77. The van der Waals surface area contributed by atoms with Gasteiger partial charge in [-0.25, -0.2) is 0 Å². The van der Waals surface area contributed by atoms with E-state index in [9.17, 15) is 4.79 Å². The molecule has 4 heteroatoms. The summed E-state index contributed by atoms with van der Waals surface area (Å²) in [4.78, 5) is 14.7. The number of para-hydroxylation sites is 1. The number of methoxy groups -OCH3 is 1. The molecule has 2 N–H and O–H groups in total. The summed E-state index contributed by atoms with van der Waals surface area (Å²) in [6.45, 7) is 0.833. The Morgan fingerprint density at radius 3 is 2.67 bits per heavy atom. The molecule has 2 aromatic rings. The van der Waals surface area contributed by atoms with Crippen LogP contribution >= 0.6 is 0 Å². The van der Waals surface area contributed by atoms with Crippen molar-refractivity contribution >= 4 is 11.6 Å². The van der Waals surface area contributed by atoms with Gasteiger partial charge in [-0.2, -0.15) is 0 Å². The van der Waals surface area contributed by atoms with Crippen molar-refractivity contribution in [2.75, 3.05) is 19.4 Å². The molecular formula is C20H24N2O2. The van der Waals surface area contributed by atoms with Crippen LogP contribution in [0.1, 0.15) is 36.4 Å². The molecule has 24 heavy (non-hydrogen) atoms. The number of ether oxygens (including phenoxy) is 1. The van der Waals surface area contributed by atoms with E-state index in [-0.39, 0.29) is 11.9 Å². The number of benzene rings is 2. The highest BCUT2D eigenvalue weighted by Crippen LogP contribution is 2.33. The molecule has 4 nitrogen and oxygen atoms in total. The van der Waals surface area contributed by atoms with E-state index in [0.717, 1.165) is 36.4 Å². The largest absolute Gasteiger partial charge is 0.497 e. The maximum absolute atomic E-state index is 12.7. The van der Waals surface area contributed by atoms with Crippen LogP contribution in [0.5, 0.6) is 5.75 Å². The summed E-state index contributed by atoms with van der Waals surface area (Å²) in [5.41, 5.74) is 8.96. The minimum absolute atomic E-state index is 0.177. The number of likely N-dealkylation sites (tertiary alicyclic amines) is 1. The summed E-state index contributed by atoms with van der Waals surface area (Å²) in [7, 11) is 1.66. The topological polar surface area (TPSA) is 55.6 Å². The number of nitrogen functional groups attached to an aromatic ring is 1. The molecule has 2 aromatic carbocycles. The zero-order valence-electron chi connectivity index (χ0n) is 14.1. The molecule has 0 aromatic heterocycles. The maximum atomic E-state index is 12.7. The fourth-order valence-electron chi connectivity index (χ4n) is 3.38. The first-order valence-electron chi connectivity index (χ1n) is 8.46. The van der Waals surface area contributed by atoms with Crippen LogP contribution in [0, 0.1) is 0 Å². The van der Waals surface area contributed by atoms with E-state index < -0.39 is 0 Å². The van der Waals surface area contributed by atoms with Crippen LogP contribution in [0.15, 0.2) is 48.5 Å². The fraction of sp³-hybridized carbons (Fsp3) is 0.350. The lowest BCUT2D eigenvalue weighted by Gasteiger charge is -2.25. The van der Waals surface area contributed by atoms with Gasteiger partial charge < -0.3 is 15.4 Å². The number of nitrogens with zero attached hydrogens (tertiary/aromatic N) is 1. The summed E-state index contributed by atoms with van der Waals surface area (Å²) in [6, 6.07) is 16.0. The van der Waals surface area contributed by atoms with E-state index in [2.05, 4.69) is 12.1 Å². The van der Waals surface area contributed by atoms with E-state index in [4.69, 9.17) is 10.5 Å². The molecular weight excluding hydrogens is 300 g/mol. The Hall–Kier alpha value is -2.49. The molecule has 1 amide bonds. The predicted molar refractivity (Wildman–Crippen MR) is 95.9 cm³/mol. The first-order valence-corrected chi connectivity index (χ1v) is 8.46. The van der Waals surface area contributed by atoms with Gasteiger partial charge in [0.25, 0.3) is 0 Å². The fourth-order valence-corrected chi connectivity index (χ4v) is 3.38. The SMILES string of the molecule is COc1ccc(C2CCCN2C(=O)CCc2ccccc2N)cc1. The quantitative estimate of drug-likeness (QED) is 0.855. The van der Waals surface area contributed by atoms with E-state index in [1.165, 1.54) is 5.56 Å². The number of carbonyl (C=O) groups is 1. The van der Waals surface area contributed by atoms with Crippen molar-refractivity contribution in [1.82, 2.24) is 4.90 Å². The third kappa shape index (κ3) is 3.53. The molecule has 0 bridgehead atoms. The second-order valence-electron chi connectivity index (χ2n) is 6.22. The second-order valence-corrected chi connectivity index (χ2v) is 6.22. The number of rotatable bonds is 5. The van der Waals surface area contributed by atoms with Crippen LogP contribution in [0.25, 0.3) is 0 Å². The average Bonchev–Trinajstić information content (AvgIpc) is 3.10. The van der Waals surface area contributed by atoms with Crippen molar-refractivity contribution < 1.29 is 9.53 Å². The molecule has 0 radical (unpaired) electrons. The molecule has 1 heterocycles. The van der Waals surface area contributed by atoms with Gasteiger partial charge in [-0.3, -0.25) is 4.79 Å². The van der Waals surface area contributed by atoms with Gasteiger partial charge in [-0.1, -0.05) is 30.3 Å². The Bertz CT molecular complexity index is 697. The van der Waals surface area contributed by atoms with Crippen molar-refractivity contribution in [2.45, 2.75) is 31.7 Å². The molecule has 1 aliphatic rings. The van der Waals surface area contributed by atoms with Crippen molar-refractivity contribution in [3.8, 4) is 5.75 Å². The van der Waals surface area contributed by atoms with E-state index in [1.54, 1.807) is 7.11 Å². The van der Waals surface area contributed by atoms with Crippen molar-refractivity contribution in [2.24, 2.45) is 0 Å². The summed E-state index contributed by atoms with van der Waals surface area (Å²) >= 11 is 0. The van der Waals surface area contributed by atoms with Gasteiger partial charge in [-0.05, 0) is 48.6 Å². The maximum Gasteiger partial charge on any atom is 0.223 e. The minimum Gasteiger partial charge on any atom is -0.497 e. The normalized spacial score (nSPS) is 17.0. The van der Waals surface area contributed by atoms with Crippen LogP contribution < -0.4 is 10.5 Å². The monoisotopic (exact) mass is 324 g/mol. The zero-order chi connectivity index (χ0) is 16.9. The number of nitrogens with two attached hydrogens (primary N) is 1. The van der Waals surface area contributed by atoms with E-state index >= 15 is 0 Å². The molecule has 0 spiro atoms.